The van der Waals surface area contributed by atoms with Gasteiger partial charge in [0.2, 0.25) is 0 Å². The molecule has 0 amide bonds. The van der Waals surface area contributed by atoms with Crippen molar-refractivity contribution in [2.24, 2.45) is 0 Å². The number of rotatable bonds is 26. The Hall–Kier alpha value is -0.650. The average molecular weight is 445 g/mol. The summed E-state index contributed by atoms with van der Waals surface area (Å²) < 4.78 is 21.4. The quantitative estimate of drug-likeness (QED) is 0.108. The van der Waals surface area contributed by atoms with Gasteiger partial charge in [0, 0.05) is 13.0 Å². The third kappa shape index (κ3) is 27.3. The normalized spacial score (nSPS) is 11.2. The zero-order valence-electron chi connectivity index (χ0n) is 20.8. The van der Waals surface area contributed by atoms with E-state index in [2.05, 4.69) is 13.8 Å². The van der Waals surface area contributed by atoms with Gasteiger partial charge in [-0.1, -0.05) is 97.3 Å². The number of ether oxygens (including phenoxy) is 4. The SMILES string of the molecule is CCCCCCCCCCCCCCCC(=O)OCCOCCOCCOCCCC. The highest BCUT2D eigenvalue weighted by Gasteiger charge is 2.02. The Morgan fingerprint density at radius 2 is 0.839 bits per heavy atom. The van der Waals surface area contributed by atoms with E-state index in [1.54, 1.807) is 0 Å². The molecule has 0 aliphatic heterocycles. The minimum atomic E-state index is -0.104. The molecule has 0 aliphatic carbocycles. The molecular formula is C26H52O5. The number of hydrogen-bond acceptors (Lipinski definition) is 5. The fourth-order valence-corrected chi connectivity index (χ4v) is 3.36. The molecule has 0 fully saturated rings. The Kier molecular flexibility index (Phi) is 26.8. The monoisotopic (exact) mass is 444 g/mol. The summed E-state index contributed by atoms with van der Waals surface area (Å²) in [6.07, 6.45) is 19.8. The van der Waals surface area contributed by atoms with Gasteiger partial charge in [0.05, 0.1) is 33.0 Å². The Morgan fingerprint density at radius 3 is 1.32 bits per heavy atom. The largest absolute Gasteiger partial charge is 0.463 e. The predicted molar refractivity (Wildman–Crippen MR) is 129 cm³/mol. The first-order valence-electron chi connectivity index (χ1n) is 13.2. The van der Waals surface area contributed by atoms with Crippen LogP contribution in [0, 0.1) is 0 Å². The van der Waals surface area contributed by atoms with Crippen LogP contribution in [0.25, 0.3) is 0 Å². The fourth-order valence-electron chi connectivity index (χ4n) is 3.36. The van der Waals surface area contributed by atoms with Crippen LogP contribution in [0.1, 0.15) is 117 Å². The average Bonchev–Trinajstić information content (AvgIpc) is 2.77. The van der Waals surface area contributed by atoms with Crippen molar-refractivity contribution < 1.29 is 23.7 Å². The Bertz CT molecular complexity index is 349. The molecule has 0 aromatic heterocycles. The molecule has 0 aliphatic rings. The molecule has 0 saturated carbocycles. The van der Waals surface area contributed by atoms with Crippen molar-refractivity contribution in [1.29, 1.82) is 0 Å². The molecule has 0 rings (SSSR count). The van der Waals surface area contributed by atoms with Crippen LogP contribution in [-0.2, 0) is 23.7 Å². The summed E-state index contributed by atoms with van der Waals surface area (Å²) in [5, 5.41) is 0. The van der Waals surface area contributed by atoms with Gasteiger partial charge in [0.15, 0.2) is 0 Å². The van der Waals surface area contributed by atoms with Gasteiger partial charge < -0.3 is 18.9 Å². The van der Waals surface area contributed by atoms with E-state index in [0.717, 1.165) is 32.3 Å². The maximum atomic E-state index is 11.7. The fraction of sp³-hybridized carbons (Fsp3) is 0.962. The van der Waals surface area contributed by atoms with Crippen LogP contribution in [0.15, 0.2) is 0 Å². The van der Waals surface area contributed by atoms with Gasteiger partial charge in [0.25, 0.3) is 0 Å². The van der Waals surface area contributed by atoms with E-state index >= 15 is 0 Å². The minimum Gasteiger partial charge on any atom is -0.463 e. The first-order valence-corrected chi connectivity index (χ1v) is 13.2. The van der Waals surface area contributed by atoms with Gasteiger partial charge in [-0.3, -0.25) is 4.79 Å². The third-order valence-electron chi connectivity index (χ3n) is 5.36. The molecule has 0 aromatic carbocycles. The van der Waals surface area contributed by atoms with Gasteiger partial charge in [-0.15, -0.1) is 0 Å². The van der Waals surface area contributed by atoms with Crippen molar-refractivity contribution in [1.82, 2.24) is 0 Å². The van der Waals surface area contributed by atoms with Crippen LogP contribution in [0.5, 0.6) is 0 Å². The summed E-state index contributed by atoms with van der Waals surface area (Å²) in [5.41, 5.74) is 0. The molecule has 31 heavy (non-hydrogen) atoms. The van der Waals surface area contributed by atoms with Crippen molar-refractivity contribution in [3.63, 3.8) is 0 Å². The smallest absolute Gasteiger partial charge is 0.305 e. The number of unbranched alkanes of at least 4 members (excludes halogenated alkanes) is 13. The topological polar surface area (TPSA) is 54.0 Å². The highest BCUT2D eigenvalue weighted by molar-refractivity contribution is 5.69. The van der Waals surface area contributed by atoms with Crippen LogP contribution in [0.2, 0.25) is 0 Å². The molecule has 0 N–H and O–H groups in total. The highest BCUT2D eigenvalue weighted by atomic mass is 16.6. The summed E-state index contributed by atoms with van der Waals surface area (Å²) in [6, 6.07) is 0. The van der Waals surface area contributed by atoms with E-state index in [4.69, 9.17) is 18.9 Å². The Balaban J connectivity index is 3.14. The molecule has 0 spiro atoms. The molecule has 5 heteroatoms. The second-order valence-corrected chi connectivity index (χ2v) is 8.40. The van der Waals surface area contributed by atoms with Gasteiger partial charge in [-0.05, 0) is 12.8 Å². The first kappa shape index (κ1) is 30.4. The molecule has 5 nitrogen and oxygen atoms in total. The van der Waals surface area contributed by atoms with E-state index in [1.165, 1.54) is 70.6 Å². The van der Waals surface area contributed by atoms with Gasteiger partial charge in [-0.2, -0.15) is 0 Å². The standard InChI is InChI=1S/C26H52O5/c1-3-5-7-8-9-10-11-12-13-14-15-16-17-18-26(27)31-25-24-30-23-22-29-21-20-28-19-6-4-2/h3-25H2,1-2H3. The van der Waals surface area contributed by atoms with Crippen LogP contribution in [0.3, 0.4) is 0 Å². The zero-order valence-corrected chi connectivity index (χ0v) is 20.8. The maximum absolute atomic E-state index is 11.7. The van der Waals surface area contributed by atoms with Crippen LogP contribution >= 0.6 is 0 Å². The zero-order chi connectivity index (χ0) is 22.7. The number of esters is 1. The molecule has 0 radical (unpaired) electrons. The summed E-state index contributed by atoms with van der Waals surface area (Å²) >= 11 is 0. The lowest BCUT2D eigenvalue weighted by molar-refractivity contribution is -0.145. The van der Waals surface area contributed by atoms with Crippen LogP contribution in [0.4, 0.5) is 0 Å². The van der Waals surface area contributed by atoms with E-state index < -0.39 is 0 Å². The lowest BCUT2D eigenvalue weighted by Gasteiger charge is -2.07. The van der Waals surface area contributed by atoms with E-state index in [0.29, 0.717) is 46.1 Å². The lowest BCUT2D eigenvalue weighted by Crippen LogP contribution is -2.14. The van der Waals surface area contributed by atoms with Crippen LogP contribution < -0.4 is 0 Å². The maximum Gasteiger partial charge on any atom is 0.305 e. The summed E-state index contributed by atoms with van der Waals surface area (Å²) in [4.78, 5) is 11.7. The molecular weight excluding hydrogens is 392 g/mol. The van der Waals surface area contributed by atoms with Crippen molar-refractivity contribution in [2.75, 3.05) is 46.2 Å². The lowest BCUT2D eigenvalue weighted by atomic mass is 10.0. The second-order valence-electron chi connectivity index (χ2n) is 8.40. The van der Waals surface area contributed by atoms with Gasteiger partial charge in [0.1, 0.15) is 6.61 Å². The molecule has 0 bridgehead atoms. The number of carbonyl (C=O) groups excluding carboxylic acids is 1. The summed E-state index contributed by atoms with van der Waals surface area (Å²) in [7, 11) is 0. The van der Waals surface area contributed by atoms with Crippen molar-refractivity contribution >= 4 is 5.97 Å². The Labute approximate surface area is 192 Å². The third-order valence-corrected chi connectivity index (χ3v) is 5.36. The molecule has 0 aromatic rings. The number of hydrogen-bond donors (Lipinski definition) is 0. The molecule has 0 heterocycles. The molecule has 186 valence electrons. The van der Waals surface area contributed by atoms with Crippen molar-refractivity contribution in [2.45, 2.75) is 117 Å². The minimum absolute atomic E-state index is 0.104. The second kappa shape index (κ2) is 27.4. The van der Waals surface area contributed by atoms with E-state index in [9.17, 15) is 4.79 Å². The van der Waals surface area contributed by atoms with Crippen LogP contribution in [-0.4, -0.2) is 52.2 Å². The first-order chi connectivity index (χ1) is 15.3. The molecule has 0 atom stereocenters. The van der Waals surface area contributed by atoms with Gasteiger partial charge >= 0.3 is 5.97 Å². The van der Waals surface area contributed by atoms with E-state index in [1.807, 2.05) is 0 Å². The van der Waals surface area contributed by atoms with Crippen molar-refractivity contribution in [3.8, 4) is 0 Å². The van der Waals surface area contributed by atoms with Gasteiger partial charge in [-0.25, -0.2) is 0 Å². The summed E-state index contributed by atoms with van der Waals surface area (Å²) in [6.45, 7) is 8.28. The highest BCUT2D eigenvalue weighted by Crippen LogP contribution is 2.13. The predicted octanol–water partition coefficient (Wildman–Crippen LogP) is 6.86. The number of carbonyl (C=O) groups is 1. The molecule has 0 unspecified atom stereocenters. The molecule has 0 saturated heterocycles. The van der Waals surface area contributed by atoms with Crippen molar-refractivity contribution in [3.05, 3.63) is 0 Å². The van der Waals surface area contributed by atoms with E-state index in [-0.39, 0.29) is 5.97 Å². The summed E-state index contributed by atoms with van der Waals surface area (Å²) in [5.74, 6) is -0.104. The Morgan fingerprint density at radius 1 is 0.452 bits per heavy atom.